The molecule has 0 amide bonds. The van der Waals surface area contributed by atoms with E-state index in [1.165, 1.54) is 9.96 Å². The van der Waals surface area contributed by atoms with Crippen LogP contribution in [0, 0.1) is 6.92 Å². The molecule has 6 heteroatoms. The molecule has 1 aromatic carbocycles. The molecule has 0 unspecified atom stereocenters. The molecule has 172 valence electrons. The summed E-state index contributed by atoms with van der Waals surface area (Å²) in [4.78, 5) is 32.9. The zero-order chi connectivity index (χ0) is 23.4. The molecular weight excluding hydrogens is 414 g/mol. The van der Waals surface area contributed by atoms with Crippen LogP contribution in [0.4, 0.5) is 0 Å². The quantitative estimate of drug-likeness (QED) is 0.505. The van der Waals surface area contributed by atoms with E-state index in [0.717, 1.165) is 42.8 Å². The zero-order valence-corrected chi connectivity index (χ0v) is 19.6. The lowest BCUT2D eigenvalue weighted by Gasteiger charge is -2.19. The number of hydrogen-bond donors (Lipinski definition) is 0. The summed E-state index contributed by atoms with van der Waals surface area (Å²) in [6.45, 7) is 9.08. The van der Waals surface area contributed by atoms with Crippen molar-refractivity contribution in [2.75, 3.05) is 26.2 Å². The molecule has 4 rings (SSSR count). The molecular formula is C27H31N3O3. The normalized spacial score (nSPS) is 14.6. The minimum Gasteiger partial charge on any atom is -0.461 e. The first-order valence-corrected chi connectivity index (χ1v) is 11.7. The number of rotatable bonds is 7. The van der Waals surface area contributed by atoms with Gasteiger partial charge in [0.05, 0.1) is 11.3 Å². The third-order valence-corrected chi connectivity index (χ3v) is 6.38. The summed E-state index contributed by atoms with van der Waals surface area (Å²) in [7, 11) is 0. The first-order chi connectivity index (χ1) is 16.0. The van der Waals surface area contributed by atoms with Gasteiger partial charge >= 0.3 is 5.97 Å². The van der Waals surface area contributed by atoms with Gasteiger partial charge in [-0.25, -0.2) is 9.78 Å². The maximum Gasteiger partial charge on any atom is 0.339 e. The number of pyridine rings is 1. The van der Waals surface area contributed by atoms with Crippen LogP contribution in [-0.2, 0) is 11.2 Å². The molecule has 0 radical (unpaired) electrons. The van der Waals surface area contributed by atoms with Crippen molar-refractivity contribution in [1.82, 2.24) is 14.3 Å². The Morgan fingerprint density at radius 1 is 1.15 bits per heavy atom. The predicted octanol–water partition coefficient (Wildman–Crippen LogP) is 4.38. The molecule has 0 spiro atoms. The van der Waals surface area contributed by atoms with E-state index in [0.29, 0.717) is 36.3 Å². The topological polar surface area (TPSA) is 63.9 Å². The molecule has 0 saturated carbocycles. The largest absolute Gasteiger partial charge is 0.461 e. The Labute approximate surface area is 194 Å². The smallest absolute Gasteiger partial charge is 0.339 e. The third-order valence-electron chi connectivity index (χ3n) is 6.38. The van der Waals surface area contributed by atoms with Crippen LogP contribution in [0.25, 0.3) is 17.3 Å². The van der Waals surface area contributed by atoms with Crippen molar-refractivity contribution < 1.29 is 9.53 Å². The van der Waals surface area contributed by atoms with Crippen molar-refractivity contribution in [2.45, 2.75) is 40.0 Å². The van der Waals surface area contributed by atoms with Crippen molar-refractivity contribution in [1.29, 1.82) is 0 Å². The number of aromatic nitrogens is 2. The van der Waals surface area contributed by atoms with E-state index in [1.807, 2.05) is 12.1 Å². The lowest BCUT2D eigenvalue weighted by atomic mass is 9.90. The average molecular weight is 446 g/mol. The fraction of sp³-hybridized carbons (Fsp3) is 0.370. The maximum absolute atomic E-state index is 13.3. The number of allylic oxidation sites excluding steroid dienone is 1. The van der Waals surface area contributed by atoms with Gasteiger partial charge in [0.1, 0.15) is 12.3 Å². The monoisotopic (exact) mass is 445 g/mol. The van der Waals surface area contributed by atoms with Crippen LogP contribution in [-0.4, -0.2) is 46.5 Å². The molecule has 0 fully saturated rings. The second-order valence-electron chi connectivity index (χ2n) is 8.43. The second kappa shape index (κ2) is 10.1. The Morgan fingerprint density at radius 2 is 1.94 bits per heavy atom. The Morgan fingerprint density at radius 3 is 2.70 bits per heavy atom. The average Bonchev–Trinajstić information content (AvgIpc) is 2.83. The first kappa shape index (κ1) is 22.9. The van der Waals surface area contributed by atoms with Crippen LogP contribution in [0.3, 0.4) is 0 Å². The highest BCUT2D eigenvalue weighted by Gasteiger charge is 2.21. The van der Waals surface area contributed by atoms with E-state index in [4.69, 9.17) is 9.72 Å². The summed E-state index contributed by atoms with van der Waals surface area (Å²) < 4.78 is 6.92. The first-order valence-electron chi connectivity index (χ1n) is 11.7. The number of esters is 1. The van der Waals surface area contributed by atoms with Crippen LogP contribution in [0.2, 0.25) is 0 Å². The van der Waals surface area contributed by atoms with Gasteiger partial charge in [-0.15, -0.1) is 0 Å². The highest BCUT2D eigenvalue weighted by Crippen LogP contribution is 2.30. The van der Waals surface area contributed by atoms with Crippen LogP contribution in [0.5, 0.6) is 0 Å². The molecule has 0 bridgehead atoms. The van der Waals surface area contributed by atoms with Gasteiger partial charge in [0.25, 0.3) is 5.56 Å². The van der Waals surface area contributed by atoms with E-state index in [2.05, 4.69) is 43.9 Å². The van der Waals surface area contributed by atoms with Gasteiger partial charge in [0.2, 0.25) is 0 Å². The lowest BCUT2D eigenvalue weighted by Crippen LogP contribution is -2.28. The molecule has 0 atom stereocenters. The Kier molecular flexibility index (Phi) is 7.04. The van der Waals surface area contributed by atoms with E-state index in [-0.39, 0.29) is 5.56 Å². The summed E-state index contributed by atoms with van der Waals surface area (Å²) in [5.41, 5.74) is 5.71. The minimum absolute atomic E-state index is 0.108. The zero-order valence-electron chi connectivity index (χ0n) is 19.6. The molecule has 6 nitrogen and oxygen atoms in total. The predicted molar refractivity (Wildman–Crippen MR) is 132 cm³/mol. The van der Waals surface area contributed by atoms with Gasteiger partial charge in [-0.2, -0.15) is 0 Å². The third kappa shape index (κ3) is 4.91. The SMILES string of the molecule is CCN(CC)CCOC(=O)c1ccc2nc3c(c(=O)n2c1)CCCC3=Cc1ccccc1C. The summed E-state index contributed by atoms with van der Waals surface area (Å²) in [5.74, 6) is -0.422. The number of fused-ring (bicyclic) bond motifs is 2. The lowest BCUT2D eigenvalue weighted by molar-refractivity contribution is 0.0466. The fourth-order valence-corrected chi connectivity index (χ4v) is 4.33. The van der Waals surface area contributed by atoms with Crippen LogP contribution in [0.1, 0.15) is 59.4 Å². The van der Waals surface area contributed by atoms with Gasteiger partial charge in [0.15, 0.2) is 0 Å². The highest BCUT2D eigenvalue weighted by molar-refractivity contribution is 5.89. The number of carbonyl (C=O) groups is 1. The van der Waals surface area contributed by atoms with Gasteiger partial charge in [-0.3, -0.25) is 9.20 Å². The number of carbonyl (C=O) groups excluding carboxylic acids is 1. The van der Waals surface area contributed by atoms with Gasteiger partial charge in [-0.1, -0.05) is 38.1 Å². The Hall–Kier alpha value is -3.25. The van der Waals surface area contributed by atoms with Gasteiger partial charge in [-0.05, 0) is 74.2 Å². The molecule has 33 heavy (non-hydrogen) atoms. The number of hydrogen-bond acceptors (Lipinski definition) is 5. The van der Waals surface area contributed by atoms with Gasteiger partial charge < -0.3 is 9.64 Å². The van der Waals surface area contributed by atoms with E-state index < -0.39 is 5.97 Å². The molecule has 3 aromatic rings. The summed E-state index contributed by atoms with van der Waals surface area (Å²) in [6, 6.07) is 11.6. The Bertz CT molecular complexity index is 1260. The minimum atomic E-state index is -0.422. The number of nitrogens with zero attached hydrogens (tertiary/aromatic N) is 3. The van der Waals surface area contributed by atoms with Crippen LogP contribution >= 0.6 is 0 Å². The molecule has 1 aliphatic carbocycles. The second-order valence-corrected chi connectivity index (χ2v) is 8.43. The van der Waals surface area contributed by atoms with Crippen molar-refractivity contribution in [3.63, 3.8) is 0 Å². The standard InChI is InChI=1S/C27H31N3O3/c1-4-29(5-2)15-16-33-27(32)22-13-14-24-28-25-21(17-20-10-7-6-9-19(20)3)11-8-12-23(25)26(31)30(24)18-22/h6-7,9-10,13-14,17-18H,4-5,8,11-12,15-16H2,1-3H3. The highest BCUT2D eigenvalue weighted by atomic mass is 16.5. The van der Waals surface area contributed by atoms with Crippen LogP contribution in [0.15, 0.2) is 47.4 Å². The molecule has 0 saturated heterocycles. The molecule has 0 aliphatic heterocycles. The number of likely N-dealkylation sites (N-methyl/N-ethyl adjacent to an activating group) is 1. The van der Waals surface area contributed by atoms with E-state index in [1.54, 1.807) is 18.3 Å². The number of ether oxygens (including phenoxy) is 1. The van der Waals surface area contributed by atoms with Crippen molar-refractivity contribution in [2.24, 2.45) is 0 Å². The fourth-order valence-electron chi connectivity index (χ4n) is 4.33. The summed E-state index contributed by atoms with van der Waals surface area (Å²) in [6.07, 6.45) is 6.19. The summed E-state index contributed by atoms with van der Waals surface area (Å²) >= 11 is 0. The van der Waals surface area contributed by atoms with Crippen LogP contribution < -0.4 is 5.56 Å². The maximum atomic E-state index is 13.3. The molecule has 2 heterocycles. The summed E-state index contributed by atoms with van der Waals surface area (Å²) in [5, 5.41) is 0. The molecule has 2 aromatic heterocycles. The molecule has 1 aliphatic rings. The molecule has 0 N–H and O–H groups in total. The number of benzene rings is 1. The number of aryl methyl sites for hydroxylation is 1. The van der Waals surface area contributed by atoms with E-state index in [9.17, 15) is 9.59 Å². The van der Waals surface area contributed by atoms with Crippen molar-refractivity contribution in [3.05, 3.63) is 80.9 Å². The van der Waals surface area contributed by atoms with Gasteiger partial charge in [0, 0.05) is 18.3 Å². The Balaban J connectivity index is 1.64. The van der Waals surface area contributed by atoms with E-state index >= 15 is 0 Å². The van der Waals surface area contributed by atoms with Crippen molar-refractivity contribution in [3.8, 4) is 0 Å². The van der Waals surface area contributed by atoms with Crippen molar-refractivity contribution >= 4 is 23.3 Å².